The predicted molar refractivity (Wildman–Crippen MR) is 67.3 cm³/mol. The van der Waals surface area contributed by atoms with E-state index in [4.69, 9.17) is 7.85 Å². The number of carbonyl (C=O) groups is 1. The largest absolute Gasteiger partial charge is 0.298 e. The van der Waals surface area contributed by atoms with Crippen LogP contribution in [0, 0.1) is 5.82 Å². The molecule has 4 nitrogen and oxygen atoms in total. The van der Waals surface area contributed by atoms with Crippen LogP contribution >= 0.6 is 0 Å². The van der Waals surface area contributed by atoms with E-state index in [2.05, 4.69) is 4.72 Å². The summed E-state index contributed by atoms with van der Waals surface area (Å²) in [5.41, 5.74) is -1.31. The van der Waals surface area contributed by atoms with Gasteiger partial charge in [-0.1, -0.05) is 5.46 Å². The van der Waals surface area contributed by atoms with Crippen molar-refractivity contribution in [3.05, 3.63) is 23.5 Å². The third-order valence-electron chi connectivity index (χ3n) is 1.99. The normalized spacial score (nSPS) is 12.4. The highest BCUT2D eigenvalue weighted by Crippen LogP contribution is 2.16. The summed E-state index contributed by atoms with van der Waals surface area (Å²) >= 11 is 0. The van der Waals surface area contributed by atoms with Crippen molar-refractivity contribution >= 4 is 29.6 Å². The highest BCUT2D eigenvalue weighted by molar-refractivity contribution is 7.89. The van der Waals surface area contributed by atoms with Crippen LogP contribution in [0.1, 0.15) is 31.1 Å². The number of hydrogen-bond acceptors (Lipinski definition) is 3. The van der Waals surface area contributed by atoms with Crippen LogP contribution in [0.5, 0.6) is 0 Å². The first-order valence-electron chi connectivity index (χ1n) is 5.15. The molecule has 96 valence electrons. The topological polar surface area (TPSA) is 63.2 Å². The second kappa shape index (κ2) is 4.82. The number of rotatable bonds is 3. The molecule has 0 fully saturated rings. The minimum atomic E-state index is -3.93. The highest BCUT2D eigenvalue weighted by atomic mass is 32.2. The van der Waals surface area contributed by atoms with Gasteiger partial charge in [-0.25, -0.2) is 17.5 Å². The molecule has 0 aromatic heterocycles. The van der Waals surface area contributed by atoms with Crippen LogP contribution in [0.2, 0.25) is 0 Å². The van der Waals surface area contributed by atoms with Crippen molar-refractivity contribution in [2.75, 3.05) is 0 Å². The Morgan fingerprint density at radius 1 is 1.33 bits per heavy atom. The molecule has 0 aliphatic carbocycles. The lowest BCUT2D eigenvalue weighted by Crippen LogP contribution is -2.41. The number of halogens is 1. The van der Waals surface area contributed by atoms with E-state index in [9.17, 15) is 17.6 Å². The van der Waals surface area contributed by atoms with Crippen LogP contribution in [-0.4, -0.2) is 28.1 Å². The van der Waals surface area contributed by atoms with E-state index in [1.54, 1.807) is 20.8 Å². The van der Waals surface area contributed by atoms with Crippen LogP contribution in [0.3, 0.4) is 0 Å². The van der Waals surface area contributed by atoms with Crippen LogP contribution in [0.25, 0.3) is 0 Å². The Morgan fingerprint density at radius 2 is 1.89 bits per heavy atom. The molecule has 0 aliphatic rings. The van der Waals surface area contributed by atoms with Gasteiger partial charge in [0.25, 0.3) is 0 Å². The van der Waals surface area contributed by atoms with Gasteiger partial charge in [-0.3, -0.25) is 4.79 Å². The molecule has 0 unspecified atom stereocenters. The first kappa shape index (κ1) is 14.9. The first-order chi connectivity index (χ1) is 8.07. The Bertz CT molecular complexity index is 579. The van der Waals surface area contributed by atoms with E-state index in [-0.39, 0.29) is 22.2 Å². The Labute approximate surface area is 107 Å². The third-order valence-corrected chi connectivity index (χ3v) is 3.80. The molecule has 0 saturated heterocycles. The van der Waals surface area contributed by atoms with Gasteiger partial charge in [0.1, 0.15) is 13.7 Å². The summed E-state index contributed by atoms with van der Waals surface area (Å²) in [7, 11) is 1.39. The molecule has 0 atom stereocenters. The van der Waals surface area contributed by atoms with Crippen molar-refractivity contribution in [2.24, 2.45) is 0 Å². The maximum Gasteiger partial charge on any atom is 0.241 e. The number of sulfonamides is 1. The molecule has 0 spiro atoms. The fourth-order valence-corrected chi connectivity index (χ4v) is 2.98. The summed E-state index contributed by atoms with van der Waals surface area (Å²) in [5, 5.41) is 0. The van der Waals surface area contributed by atoms with Gasteiger partial charge in [-0.05, 0) is 32.9 Å². The van der Waals surface area contributed by atoms with Gasteiger partial charge in [0.05, 0.1) is 4.90 Å². The molecule has 1 N–H and O–H groups in total. The lowest BCUT2D eigenvalue weighted by Gasteiger charge is -2.21. The molecule has 7 heteroatoms. The van der Waals surface area contributed by atoms with Gasteiger partial charge < -0.3 is 0 Å². The molecular formula is C11H13BFNO3S. The summed E-state index contributed by atoms with van der Waals surface area (Å²) < 4.78 is 39.6. The van der Waals surface area contributed by atoms with Gasteiger partial charge in [0.15, 0.2) is 6.29 Å². The van der Waals surface area contributed by atoms with Crippen LogP contribution in [0.15, 0.2) is 17.0 Å². The molecule has 0 aliphatic heterocycles. The first-order valence-corrected chi connectivity index (χ1v) is 6.63. The standard InChI is InChI=1S/C11H13BFNO3S/c1-11(2,3)14-18(16,17)10-5-8(12)9(13)4-7(10)6-15/h4-6,14H,1-3H3. The van der Waals surface area contributed by atoms with Crippen LogP contribution < -0.4 is 10.2 Å². The molecule has 1 rings (SSSR count). The zero-order chi connectivity index (χ0) is 14.1. The van der Waals surface area contributed by atoms with E-state index < -0.39 is 21.4 Å². The average Bonchev–Trinajstić information content (AvgIpc) is 2.17. The van der Waals surface area contributed by atoms with Crippen molar-refractivity contribution in [1.82, 2.24) is 4.72 Å². The second-order valence-corrected chi connectivity index (χ2v) is 6.54. The van der Waals surface area contributed by atoms with Crippen molar-refractivity contribution in [3.63, 3.8) is 0 Å². The molecule has 0 amide bonds. The molecule has 0 saturated carbocycles. The van der Waals surface area contributed by atoms with Crippen molar-refractivity contribution in [2.45, 2.75) is 31.2 Å². The van der Waals surface area contributed by atoms with Crippen molar-refractivity contribution < 1.29 is 17.6 Å². The second-order valence-electron chi connectivity index (χ2n) is 4.88. The molecule has 1 aromatic rings. The number of benzene rings is 1. The number of nitrogens with one attached hydrogen (secondary N) is 1. The fourth-order valence-electron chi connectivity index (χ4n) is 1.37. The molecule has 1 aromatic carbocycles. The zero-order valence-electron chi connectivity index (χ0n) is 10.3. The summed E-state index contributed by atoms with van der Waals surface area (Å²) in [6, 6.07) is 1.74. The molecule has 2 radical (unpaired) electrons. The minimum absolute atomic E-state index is 0.265. The Kier molecular flexibility index (Phi) is 3.97. The quantitative estimate of drug-likeness (QED) is 0.642. The predicted octanol–water partition coefficient (Wildman–Crippen LogP) is 0.509. The monoisotopic (exact) mass is 269 g/mol. The molecular weight excluding hydrogens is 256 g/mol. The summed E-state index contributed by atoms with van der Waals surface area (Å²) in [6.07, 6.45) is 0.278. The van der Waals surface area contributed by atoms with E-state index in [1.165, 1.54) is 0 Å². The number of aldehydes is 1. The molecule has 0 heterocycles. The Balaban J connectivity index is 3.41. The zero-order valence-corrected chi connectivity index (χ0v) is 11.1. The van der Waals surface area contributed by atoms with E-state index >= 15 is 0 Å². The van der Waals surface area contributed by atoms with Gasteiger partial charge in [-0.15, -0.1) is 0 Å². The SMILES string of the molecule is [B]c1cc(S(=O)(=O)NC(C)(C)C)c(C=O)cc1F. The maximum atomic E-state index is 13.2. The molecule has 18 heavy (non-hydrogen) atoms. The minimum Gasteiger partial charge on any atom is -0.298 e. The van der Waals surface area contributed by atoms with Gasteiger partial charge >= 0.3 is 0 Å². The summed E-state index contributed by atoms with van der Waals surface area (Å²) in [6.45, 7) is 4.95. The highest BCUT2D eigenvalue weighted by Gasteiger charge is 2.25. The van der Waals surface area contributed by atoms with E-state index in [0.717, 1.165) is 12.1 Å². The van der Waals surface area contributed by atoms with Gasteiger partial charge in [0.2, 0.25) is 10.0 Å². The van der Waals surface area contributed by atoms with E-state index in [0.29, 0.717) is 0 Å². The van der Waals surface area contributed by atoms with Crippen LogP contribution in [-0.2, 0) is 10.0 Å². The Morgan fingerprint density at radius 3 is 2.33 bits per heavy atom. The lowest BCUT2D eigenvalue weighted by atomic mass is 9.94. The number of hydrogen-bond donors (Lipinski definition) is 1. The van der Waals surface area contributed by atoms with Crippen LogP contribution in [0.4, 0.5) is 4.39 Å². The molecule has 0 bridgehead atoms. The summed E-state index contributed by atoms with van der Waals surface area (Å²) in [5.74, 6) is -0.827. The number of carbonyl (C=O) groups excluding carboxylic acids is 1. The van der Waals surface area contributed by atoms with Gasteiger partial charge in [0, 0.05) is 11.1 Å². The maximum absolute atomic E-state index is 13.2. The van der Waals surface area contributed by atoms with Crippen molar-refractivity contribution in [3.8, 4) is 0 Å². The average molecular weight is 269 g/mol. The smallest absolute Gasteiger partial charge is 0.241 e. The fraction of sp³-hybridized carbons (Fsp3) is 0.364. The Hall–Kier alpha value is -1.21. The van der Waals surface area contributed by atoms with E-state index in [1.807, 2.05) is 0 Å². The summed E-state index contributed by atoms with van der Waals surface area (Å²) in [4.78, 5) is 10.5. The lowest BCUT2D eigenvalue weighted by molar-refractivity contribution is 0.112. The van der Waals surface area contributed by atoms with Crippen molar-refractivity contribution in [1.29, 1.82) is 0 Å². The third kappa shape index (κ3) is 3.40. The van der Waals surface area contributed by atoms with Gasteiger partial charge in [-0.2, -0.15) is 0 Å².